The molecule has 2 rings (SSSR count). The lowest BCUT2D eigenvalue weighted by Crippen LogP contribution is -2.48. The van der Waals surface area contributed by atoms with E-state index in [0.29, 0.717) is 37.6 Å². The van der Waals surface area contributed by atoms with Crippen molar-refractivity contribution in [2.75, 3.05) is 32.8 Å². The molecule has 0 unspecified atom stereocenters. The van der Waals surface area contributed by atoms with Crippen LogP contribution in [-0.4, -0.2) is 60.6 Å². The molecule has 4 heteroatoms. The second-order valence-electron chi connectivity index (χ2n) is 5.58. The highest BCUT2D eigenvalue weighted by atomic mass is 16.5. The molecule has 0 N–H and O–H groups in total. The summed E-state index contributed by atoms with van der Waals surface area (Å²) >= 11 is 0. The lowest BCUT2D eigenvalue weighted by Gasteiger charge is -2.34. The molecule has 0 aliphatic carbocycles. The average Bonchev–Trinajstić information content (AvgIpc) is 3.06. The Balaban J connectivity index is 1.90. The highest BCUT2D eigenvalue weighted by Crippen LogP contribution is 2.30. The fraction of sp³-hybridized carbons (Fsp3) is 0.933. The Morgan fingerprint density at radius 1 is 1.16 bits per heavy atom. The minimum absolute atomic E-state index is 0.291. The van der Waals surface area contributed by atoms with E-state index in [1.807, 2.05) is 6.92 Å². The van der Waals surface area contributed by atoms with Crippen molar-refractivity contribution in [3.8, 4) is 0 Å². The summed E-state index contributed by atoms with van der Waals surface area (Å²) in [5, 5.41) is 0. The van der Waals surface area contributed by atoms with Gasteiger partial charge in [-0.15, -0.1) is 0 Å². The lowest BCUT2D eigenvalue weighted by atomic mass is 10.0. The summed E-state index contributed by atoms with van der Waals surface area (Å²) in [7, 11) is 0. The number of amides is 1. The molecule has 2 fully saturated rings. The van der Waals surface area contributed by atoms with Crippen molar-refractivity contribution in [2.24, 2.45) is 0 Å². The molecule has 2 aliphatic rings. The molecule has 0 bridgehead atoms. The van der Waals surface area contributed by atoms with Crippen LogP contribution in [0.15, 0.2) is 0 Å². The predicted octanol–water partition coefficient (Wildman–Crippen LogP) is 1.89. The Morgan fingerprint density at radius 3 is 2.63 bits per heavy atom. The highest BCUT2D eigenvalue weighted by molar-refractivity contribution is 5.77. The van der Waals surface area contributed by atoms with Gasteiger partial charge < -0.3 is 9.64 Å². The molecule has 110 valence electrons. The lowest BCUT2D eigenvalue weighted by molar-refractivity contribution is -0.134. The smallest absolute Gasteiger partial charge is 0.225 e. The van der Waals surface area contributed by atoms with Crippen LogP contribution in [0.4, 0.5) is 0 Å². The Labute approximate surface area is 117 Å². The summed E-state index contributed by atoms with van der Waals surface area (Å²) in [4.78, 5) is 17.0. The van der Waals surface area contributed by atoms with Gasteiger partial charge in [0.2, 0.25) is 5.91 Å². The zero-order valence-electron chi connectivity index (χ0n) is 12.4. The van der Waals surface area contributed by atoms with Crippen molar-refractivity contribution < 1.29 is 9.53 Å². The molecular formula is C15H28N2O2. The van der Waals surface area contributed by atoms with Crippen molar-refractivity contribution >= 4 is 5.91 Å². The van der Waals surface area contributed by atoms with Gasteiger partial charge in [-0.2, -0.15) is 0 Å². The molecule has 0 aromatic heterocycles. The second kappa shape index (κ2) is 7.25. The molecule has 0 saturated carbocycles. The summed E-state index contributed by atoms with van der Waals surface area (Å²) in [5.41, 5.74) is 0. The molecular weight excluding hydrogens is 240 g/mol. The SMILES string of the molecule is CCOCCC(=O)N1CCC[C@@H]1[C@@H]1CCCN1CC. The van der Waals surface area contributed by atoms with E-state index in [9.17, 15) is 4.79 Å². The van der Waals surface area contributed by atoms with E-state index in [2.05, 4.69) is 16.7 Å². The van der Waals surface area contributed by atoms with Gasteiger partial charge >= 0.3 is 0 Å². The second-order valence-corrected chi connectivity index (χ2v) is 5.58. The van der Waals surface area contributed by atoms with Crippen molar-refractivity contribution in [3.05, 3.63) is 0 Å². The molecule has 19 heavy (non-hydrogen) atoms. The normalized spacial score (nSPS) is 28.2. The average molecular weight is 268 g/mol. The van der Waals surface area contributed by atoms with Crippen LogP contribution in [0.2, 0.25) is 0 Å². The molecule has 0 aromatic carbocycles. The van der Waals surface area contributed by atoms with Crippen LogP contribution in [0.1, 0.15) is 46.0 Å². The summed E-state index contributed by atoms with van der Waals surface area (Å²) in [6.45, 7) is 8.74. The Hall–Kier alpha value is -0.610. The fourth-order valence-electron chi connectivity index (χ4n) is 3.63. The van der Waals surface area contributed by atoms with E-state index >= 15 is 0 Å². The maximum Gasteiger partial charge on any atom is 0.225 e. The number of nitrogens with zero attached hydrogens (tertiary/aromatic N) is 2. The Morgan fingerprint density at radius 2 is 1.89 bits per heavy atom. The third-order valence-corrected chi connectivity index (χ3v) is 4.55. The molecule has 2 aliphatic heterocycles. The first-order chi connectivity index (χ1) is 9.27. The van der Waals surface area contributed by atoms with Crippen molar-refractivity contribution in [1.82, 2.24) is 9.80 Å². The van der Waals surface area contributed by atoms with Crippen molar-refractivity contribution in [2.45, 2.75) is 58.0 Å². The number of carbonyl (C=O) groups is 1. The minimum atomic E-state index is 0.291. The minimum Gasteiger partial charge on any atom is -0.381 e. The third kappa shape index (κ3) is 3.48. The summed E-state index contributed by atoms with van der Waals surface area (Å²) in [6.07, 6.45) is 5.44. The van der Waals surface area contributed by atoms with Crippen LogP contribution in [0.5, 0.6) is 0 Å². The third-order valence-electron chi connectivity index (χ3n) is 4.55. The van der Waals surface area contributed by atoms with E-state index in [4.69, 9.17) is 4.74 Å². The van der Waals surface area contributed by atoms with Gasteiger partial charge in [-0.3, -0.25) is 9.69 Å². The number of hydrogen-bond donors (Lipinski definition) is 0. The topological polar surface area (TPSA) is 32.8 Å². The van der Waals surface area contributed by atoms with E-state index in [0.717, 1.165) is 13.1 Å². The van der Waals surface area contributed by atoms with Crippen LogP contribution in [0.25, 0.3) is 0 Å². The van der Waals surface area contributed by atoms with Crippen LogP contribution in [0, 0.1) is 0 Å². The van der Waals surface area contributed by atoms with E-state index in [1.54, 1.807) is 0 Å². The molecule has 2 saturated heterocycles. The number of ether oxygens (including phenoxy) is 1. The van der Waals surface area contributed by atoms with Gasteiger partial charge in [0, 0.05) is 25.2 Å². The first kappa shape index (κ1) is 14.8. The molecule has 1 amide bonds. The van der Waals surface area contributed by atoms with E-state index in [1.165, 1.54) is 32.2 Å². The van der Waals surface area contributed by atoms with E-state index < -0.39 is 0 Å². The zero-order chi connectivity index (χ0) is 13.7. The van der Waals surface area contributed by atoms with Gasteiger partial charge in [0.1, 0.15) is 0 Å². The summed E-state index contributed by atoms with van der Waals surface area (Å²) < 4.78 is 5.31. The van der Waals surface area contributed by atoms with Crippen LogP contribution in [-0.2, 0) is 9.53 Å². The number of carbonyl (C=O) groups excluding carboxylic acids is 1. The molecule has 0 spiro atoms. The first-order valence-corrected chi connectivity index (χ1v) is 7.89. The molecule has 2 atom stereocenters. The van der Waals surface area contributed by atoms with Crippen LogP contribution < -0.4 is 0 Å². The van der Waals surface area contributed by atoms with Gasteiger partial charge in [-0.25, -0.2) is 0 Å². The van der Waals surface area contributed by atoms with Gasteiger partial charge in [0.15, 0.2) is 0 Å². The number of hydrogen-bond acceptors (Lipinski definition) is 3. The van der Waals surface area contributed by atoms with Crippen LogP contribution >= 0.6 is 0 Å². The maximum atomic E-state index is 12.3. The first-order valence-electron chi connectivity index (χ1n) is 7.89. The number of likely N-dealkylation sites (N-methyl/N-ethyl adjacent to an activating group) is 1. The zero-order valence-corrected chi connectivity index (χ0v) is 12.4. The van der Waals surface area contributed by atoms with E-state index in [-0.39, 0.29) is 0 Å². The van der Waals surface area contributed by atoms with Gasteiger partial charge in [0.25, 0.3) is 0 Å². The molecule has 0 radical (unpaired) electrons. The van der Waals surface area contributed by atoms with Crippen molar-refractivity contribution in [1.29, 1.82) is 0 Å². The van der Waals surface area contributed by atoms with Gasteiger partial charge in [0.05, 0.1) is 13.0 Å². The Bertz CT molecular complexity index is 296. The standard InChI is InChI=1S/C15H28N2O2/c1-3-16-10-5-7-13(16)14-8-6-11-17(14)15(18)9-12-19-4-2/h13-14H,3-12H2,1-2H3/t13-,14+/m0/s1. The van der Waals surface area contributed by atoms with Gasteiger partial charge in [-0.1, -0.05) is 6.92 Å². The fourth-order valence-corrected chi connectivity index (χ4v) is 3.63. The van der Waals surface area contributed by atoms with Crippen LogP contribution in [0.3, 0.4) is 0 Å². The monoisotopic (exact) mass is 268 g/mol. The molecule has 0 aromatic rings. The maximum absolute atomic E-state index is 12.3. The van der Waals surface area contributed by atoms with Crippen molar-refractivity contribution in [3.63, 3.8) is 0 Å². The largest absolute Gasteiger partial charge is 0.381 e. The number of rotatable bonds is 6. The Kier molecular flexibility index (Phi) is 5.64. The highest BCUT2D eigenvalue weighted by Gasteiger charge is 2.38. The summed E-state index contributed by atoms with van der Waals surface area (Å²) in [6, 6.07) is 1.06. The predicted molar refractivity (Wildman–Crippen MR) is 76.1 cm³/mol. The number of likely N-dealkylation sites (tertiary alicyclic amines) is 2. The van der Waals surface area contributed by atoms with Gasteiger partial charge in [-0.05, 0) is 45.7 Å². The molecule has 4 nitrogen and oxygen atoms in total. The molecule has 2 heterocycles. The summed E-state index contributed by atoms with van der Waals surface area (Å²) in [5.74, 6) is 0.291. The quantitative estimate of drug-likeness (QED) is 0.690.